The van der Waals surface area contributed by atoms with E-state index < -0.39 is 0 Å². The van der Waals surface area contributed by atoms with Crippen molar-refractivity contribution in [1.82, 2.24) is 24.9 Å². The molecule has 4 heterocycles. The second kappa shape index (κ2) is 10.1. The van der Waals surface area contributed by atoms with Gasteiger partial charge in [0, 0.05) is 51.4 Å². The van der Waals surface area contributed by atoms with Crippen LogP contribution in [-0.4, -0.2) is 70.8 Å². The van der Waals surface area contributed by atoms with E-state index in [9.17, 15) is 4.79 Å². The Balaban J connectivity index is 0.00000131. The van der Waals surface area contributed by atoms with Crippen molar-refractivity contribution < 1.29 is 4.79 Å². The molecule has 1 N–H and O–H groups in total. The number of halogens is 2. The third kappa shape index (κ3) is 4.97. The standard InChI is InChI=1S/C19H31N5O.2ClH/c1-22-14-15(11-21-22)17-12-20-13-18(17)19(25)24-9-4-5-16(6-10-24)23-7-2-3-8-23;;/h11,14,16-18,20H,2-10,12-13H2,1H3;2*1H/t16?,17-,18+;;/m1../s1. The predicted octanol–water partition coefficient (Wildman–Crippen LogP) is 2.04. The Bertz CT molecular complexity index is 605. The fraction of sp³-hybridized carbons (Fsp3) is 0.789. The van der Waals surface area contributed by atoms with Crippen LogP contribution in [-0.2, 0) is 11.8 Å². The monoisotopic (exact) mass is 417 g/mol. The summed E-state index contributed by atoms with van der Waals surface area (Å²) in [5.41, 5.74) is 1.19. The van der Waals surface area contributed by atoms with Gasteiger partial charge in [0.05, 0.1) is 12.1 Å². The quantitative estimate of drug-likeness (QED) is 0.817. The number of aromatic nitrogens is 2. The third-order valence-corrected chi connectivity index (χ3v) is 6.35. The van der Waals surface area contributed by atoms with Gasteiger partial charge in [-0.3, -0.25) is 9.48 Å². The number of carbonyl (C=O) groups is 1. The van der Waals surface area contributed by atoms with Crippen LogP contribution in [0.25, 0.3) is 0 Å². The molecule has 3 atom stereocenters. The van der Waals surface area contributed by atoms with E-state index in [2.05, 4.69) is 26.4 Å². The molecule has 1 aromatic heterocycles. The van der Waals surface area contributed by atoms with Gasteiger partial charge in [0.2, 0.25) is 5.91 Å². The average Bonchev–Trinajstić information content (AvgIpc) is 3.33. The van der Waals surface area contributed by atoms with Crippen LogP contribution in [0.15, 0.2) is 12.4 Å². The molecule has 0 aromatic carbocycles. The summed E-state index contributed by atoms with van der Waals surface area (Å²) < 4.78 is 1.84. The van der Waals surface area contributed by atoms with Crippen molar-refractivity contribution in [2.75, 3.05) is 39.3 Å². The first kappa shape index (κ1) is 22.5. The molecule has 3 aliphatic heterocycles. The van der Waals surface area contributed by atoms with Gasteiger partial charge in [0.25, 0.3) is 0 Å². The van der Waals surface area contributed by atoms with Crippen molar-refractivity contribution in [3.8, 4) is 0 Å². The van der Waals surface area contributed by atoms with Crippen molar-refractivity contribution in [1.29, 1.82) is 0 Å². The summed E-state index contributed by atoms with van der Waals surface area (Å²) in [4.78, 5) is 18.0. The van der Waals surface area contributed by atoms with Crippen LogP contribution in [0, 0.1) is 5.92 Å². The first-order chi connectivity index (χ1) is 12.2. The Morgan fingerprint density at radius 3 is 2.56 bits per heavy atom. The average molecular weight is 418 g/mol. The molecule has 0 radical (unpaired) electrons. The van der Waals surface area contributed by atoms with Gasteiger partial charge in [-0.1, -0.05) is 0 Å². The minimum Gasteiger partial charge on any atom is -0.342 e. The van der Waals surface area contributed by atoms with Gasteiger partial charge in [0.1, 0.15) is 0 Å². The topological polar surface area (TPSA) is 53.4 Å². The smallest absolute Gasteiger partial charge is 0.227 e. The molecule has 1 aromatic rings. The molecule has 0 bridgehead atoms. The highest BCUT2D eigenvalue weighted by Crippen LogP contribution is 2.30. The maximum Gasteiger partial charge on any atom is 0.227 e. The van der Waals surface area contributed by atoms with E-state index in [-0.39, 0.29) is 36.6 Å². The van der Waals surface area contributed by atoms with Crippen molar-refractivity contribution in [3.05, 3.63) is 18.0 Å². The van der Waals surface area contributed by atoms with Crippen LogP contribution in [0.5, 0.6) is 0 Å². The Morgan fingerprint density at radius 2 is 1.85 bits per heavy atom. The van der Waals surface area contributed by atoms with Crippen LogP contribution in [0.1, 0.15) is 43.6 Å². The molecule has 1 unspecified atom stereocenters. The molecule has 0 aliphatic carbocycles. The molecule has 3 aliphatic rings. The van der Waals surface area contributed by atoms with Gasteiger partial charge in [-0.25, -0.2) is 0 Å². The van der Waals surface area contributed by atoms with Crippen molar-refractivity contribution in [2.24, 2.45) is 13.0 Å². The Kier molecular flexibility index (Phi) is 8.40. The van der Waals surface area contributed by atoms with E-state index in [0.717, 1.165) is 39.0 Å². The summed E-state index contributed by atoms with van der Waals surface area (Å²) in [6, 6.07) is 0.691. The van der Waals surface area contributed by atoms with Gasteiger partial charge >= 0.3 is 0 Å². The van der Waals surface area contributed by atoms with Crippen LogP contribution in [0.3, 0.4) is 0 Å². The number of rotatable bonds is 3. The number of hydrogen-bond donors (Lipinski definition) is 1. The lowest BCUT2D eigenvalue weighted by molar-refractivity contribution is -0.135. The SMILES string of the molecule is Cl.Cl.Cn1cc([C@H]2CNC[C@@H]2C(=O)N2CCCC(N3CCCC3)CC2)cn1. The molecule has 6 nitrogen and oxygen atoms in total. The summed E-state index contributed by atoms with van der Waals surface area (Å²) in [6.45, 7) is 6.05. The molecule has 0 spiro atoms. The largest absolute Gasteiger partial charge is 0.342 e. The number of likely N-dealkylation sites (tertiary alicyclic amines) is 2. The van der Waals surface area contributed by atoms with Gasteiger partial charge < -0.3 is 15.1 Å². The highest BCUT2D eigenvalue weighted by atomic mass is 35.5. The van der Waals surface area contributed by atoms with Gasteiger partial charge in [-0.2, -0.15) is 5.10 Å². The molecule has 8 heteroatoms. The van der Waals surface area contributed by atoms with Crippen LogP contribution >= 0.6 is 24.8 Å². The van der Waals surface area contributed by atoms with Gasteiger partial charge in [-0.05, 0) is 50.8 Å². The zero-order valence-electron chi connectivity index (χ0n) is 16.2. The molecular formula is C19H33Cl2N5O. The Labute approximate surface area is 174 Å². The third-order valence-electron chi connectivity index (χ3n) is 6.35. The van der Waals surface area contributed by atoms with Gasteiger partial charge in [0.15, 0.2) is 0 Å². The molecule has 3 fully saturated rings. The van der Waals surface area contributed by atoms with E-state index in [1.165, 1.54) is 37.9 Å². The lowest BCUT2D eigenvalue weighted by atomic mass is 9.89. The van der Waals surface area contributed by atoms with E-state index in [0.29, 0.717) is 11.9 Å². The lowest BCUT2D eigenvalue weighted by Gasteiger charge is -2.28. The van der Waals surface area contributed by atoms with Crippen LogP contribution in [0.2, 0.25) is 0 Å². The maximum absolute atomic E-state index is 13.2. The maximum atomic E-state index is 13.2. The summed E-state index contributed by atoms with van der Waals surface area (Å²) >= 11 is 0. The molecule has 4 rings (SSSR count). The second-order valence-corrected chi connectivity index (χ2v) is 7.97. The Morgan fingerprint density at radius 1 is 1.07 bits per heavy atom. The van der Waals surface area contributed by atoms with Crippen LogP contribution < -0.4 is 5.32 Å². The minimum atomic E-state index is 0. The number of aryl methyl sites for hydroxylation is 1. The van der Waals surface area contributed by atoms with Crippen molar-refractivity contribution >= 4 is 30.7 Å². The van der Waals surface area contributed by atoms with Gasteiger partial charge in [-0.15, -0.1) is 24.8 Å². The zero-order valence-corrected chi connectivity index (χ0v) is 17.8. The first-order valence-electron chi connectivity index (χ1n) is 9.94. The van der Waals surface area contributed by atoms with Crippen molar-refractivity contribution in [2.45, 2.75) is 44.1 Å². The highest BCUT2D eigenvalue weighted by molar-refractivity contribution is 5.85. The molecule has 0 saturated carbocycles. The summed E-state index contributed by atoms with van der Waals surface area (Å²) in [6.07, 6.45) is 10.2. The normalized spacial score (nSPS) is 29.1. The molecule has 1 amide bonds. The summed E-state index contributed by atoms with van der Waals surface area (Å²) in [5.74, 6) is 0.673. The fourth-order valence-corrected chi connectivity index (χ4v) is 4.93. The first-order valence-corrected chi connectivity index (χ1v) is 9.94. The molecular weight excluding hydrogens is 385 g/mol. The number of hydrogen-bond acceptors (Lipinski definition) is 4. The number of nitrogens with one attached hydrogen (secondary N) is 1. The molecule has 27 heavy (non-hydrogen) atoms. The van der Waals surface area contributed by atoms with Crippen molar-refractivity contribution in [3.63, 3.8) is 0 Å². The van der Waals surface area contributed by atoms with E-state index in [4.69, 9.17) is 0 Å². The molecule has 3 saturated heterocycles. The highest BCUT2D eigenvalue weighted by Gasteiger charge is 2.37. The van der Waals surface area contributed by atoms with E-state index in [1.54, 1.807) is 0 Å². The lowest BCUT2D eigenvalue weighted by Crippen LogP contribution is -2.40. The van der Waals surface area contributed by atoms with E-state index in [1.807, 2.05) is 17.9 Å². The minimum absolute atomic E-state index is 0. The second-order valence-electron chi connectivity index (χ2n) is 7.97. The van der Waals surface area contributed by atoms with Crippen LogP contribution in [0.4, 0.5) is 0 Å². The summed E-state index contributed by atoms with van der Waals surface area (Å²) in [7, 11) is 1.94. The number of nitrogens with zero attached hydrogens (tertiary/aromatic N) is 4. The molecule has 154 valence electrons. The zero-order chi connectivity index (χ0) is 17.2. The number of carbonyl (C=O) groups excluding carboxylic acids is 1. The number of amides is 1. The summed E-state index contributed by atoms with van der Waals surface area (Å²) in [5, 5.41) is 7.72. The fourth-order valence-electron chi connectivity index (χ4n) is 4.93. The van der Waals surface area contributed by atoms with E-state index >= 15 is 0 Å². The predicted molar refractivity (Wildman–Crippen MR) is 112 cm³/mol. The Hall–Kier alpha value is -0.820.